The van der Waals surface area contributed by atoms with Crippen molar-refractivity contribution >= 4 is 22.5 Å². The summed E-state index contributed by atoms with van der Waals surface area (Å²) < 4.78 is 13.3. The Bertz CT molecular complexity index is 1150. The van der Waals surface area contributed by atoms with Crippen molar-refractivity contribution in [2.75, 3.05) is 12.4 Å². The Morgan fingerprint density at radius 2 is 1.67 bits per heavy atom. The van der Waals surface area contributed by atoms with E-state index < -0.39 is 6.04 Å². The monoisotopic (exact) mass is 400 g/mol. The number of nitrogens with one attached hydrogen (secondary N) is 1. The van der Waals surface area contributed by atoms with Crippen LogP contribution in [0, 0.1) is 0 Å². The fourth-order valence-corrected chi connectivity index (χ4v) is 3.47. The van der Waals surface area contributed by atoms with Crippen LogP contribution in [0.5, 0.6) is 11.5 Å². The molecule has 152 valence electrons. The number of hydrogen-bond acceptors (Lipinski definition) is 3. The smallest absolute Gasteiger partial charge is 0.247 e. The van der Waals surface area contributed by atoms with Crippen molar-refractivity contribution in [1.29, 1.82) is 0 Å². The van der Waals surface area contributed by atoms with Gasteiger partial charge in [-0.2, -0.15) is 0 Å². The summed E-state index contributed by atoms with van der Waals surface area (Å²) in [5.41, 5.74) is 2.71. The molecule has 3 aromatic carbocycles. The normalized spacial score (nSPS) is 11.8. The van der Waals surface area contributed by atoms with E-state index in [9.17, 15) is 4.79 Å². The van der Waals surface area contributed by atoms with Gasteiger partial charge in [0.2, 0.25) is 5.91 Å². The van der Waals surface area contributed by atoms with Crippen LogP contribution in [0.3, 0.4) is 0 Å². The molecule has 5 nitrogen and oxygen atoms in total. The van der Waals surface area contributed by atoms with Gasteiger partial charge in [0.1, 0.15) is 24.1 Å². The van der Waals surface area contributed by atoms with Gasteiger partial charge in [-0.05, 0) is 42.8 Å². The summed E-state index contributed by atoms with van der Waals surface area (Å²) in [6.07, 6.45) is 1.92. The molecule has 30 heavy (non-hydrogen) atoms. The topological polar surface area (TPSA) is 52.5 Å². The standard InChI is InChI=1S/C25H24N2O3/c1-18(25(28)26-21-11-6-7-13-24(21)29-2)27-16-15-20-22(27)12-8-14-23(20)30-17-19-9-4-3-5-10-19/h3-16,18H,17H2,1-2H3,(H,26,28). The molecule has 1 atom stereocenters. The van der Waals surface area contributed by atoms with Crippen molar-refractivity contribution in [2.24, 2.45) is 0 Å². The van der Waals surface area contributed by atoms with Crippen molar-refractivity contribution in [1.82, 2.24) is 4.57 Å². The number of hydrogen-bond donors (Lipinski definition) is 1. The van der Waals surface area contributed by atoms with Crippen LogP contribution in [0.2, 0.25) is 0 Å². The maximum Gasteiger partial charge on any atom is 0.247 e. The Labute approximate surface area is 175 Å². The number of carbonyl (C=O) groups is 1. The summed E-state index contributed by atoms with van der Waals surface area (Å²) in [5, 5.41) is 3.94. The van der Waals surface area contributed by atoms with Gasteiger partial charge in [0.05, 0.1) is 18.3 Å². The highest BCUT2D eigenvalue weighted by Crippen LogP contribution is 2.30. The third-order valence-electron chi connectivity index (χ3n) is 5.12. The first kappa shape index (κ1) is 19.6. The highest BCUT2D eigenvalue weighted by Gasteiger charge is 2.19. The molecule has 1 amide bonds. The lowest BCUT2D eigenvalue weighted by molar-refractivity contribution is -0.118. The van der Waals surface area contributed by atoms with Gasteiger partial charge in [0.15, 0.2) is 0 Å². The Morgan fingerprint density at radius 3 is 2.47 bits per heavy atom. The Balaban J connectivity index is 1.55. The number of rotatable bonds is 7. The Morgan fingerprint density at radius 1 is 0.933 bits per heavy atom. The molecule has 1 unspecified atom stereocenters. The van der Waals surface area contributed by atoms with E-state index in [0.29, 0.717) is 18.0 Å². The van der Waals surface area contributed by atoms with Crippen molar-refractivity contribution in [3.05, 3.63) is 90.6 Å². The van der Waals surface area contributed by atoms with Crippen molar-refractivity contribution in [3.63, 3.8) is 0 Å². The quantitative estimate of drug-likeness (QED) is 0.450. The molecule has 0 bridgehead atoms. The molecule has 0 spiro atoms. The fourth-order valence-electron chi connectivity index (χ4n) is 3.47. The Kier molecular flexibility index (Phi) is 5.70. The number of fused-ring (bicyclic) bond motifs is 1. The van der Waals surface area contributed by atoms with Gasteiger partial charge >= 0.3 is 0 Å². The summed E-state index contributed by atoms with van der Waals surface area (Å²) >= 11 is 0. The number of anilines is 1. The molecule has 0 radical (unpaired) electrons. The van der Waals surface area contributed by atoms with Crippen LogP contribution in [0.4, 0.5) is 5.69 Å². The minimum Gasteiger partial charge on any atom is -0.495 e. The maximum absolute atomic E-state index is 12.9. The second-order valence-electron chi connectivity index (χ2n) is 7.05. The molecule has 0 saturated heterocycles. The second-order valence-corrected chi connectivity index (χ2v) is 7.05. The van der Waals surface area contributed by atoms with Crippen molar-refractivity contribution < 1.29 is 14.3 Å². The van der Waals surface area contributed by atoms with Crippen LogP contribution < -0.4 is 14.8 Å². The predicted octanol–water partition coefficient (Wildman–Crippen LogP) is 5.43. The van der Waals surface area contributed by atoms with Crippen molar-refractivity contribution in [3.8, 4) is 11.5 Å². The molecule has 1 heterocycles. The average Bonchev–Trinajstić information content (AvgIpc) is 3.23. The zero-order valence-electron chi connectivity index (χ0n) is 17.0. The van der Waals surface area contributed by atoms with Gasteiger partial charge in [-0.3, -0.25) is 4.79 Å². The van der Waals surface area contributed by atoms with Crippen LogP contribution in [0.15, 0.2) is 85.1 Å². The predicted molar refractivity (Wildman–Crippen MR) is 119 cm³/mol. The number of para-hydroxylation sites is 2. The first-order chi connectivity index (χ1) is 14.7. The van der Waals surface area contributed by atoms with Gasteiger partial charge in [0.25, 0.3) is 0 Å². The largest absolute Gasteiger partial charge is 0.495 e. The summed E-state index contributed by atoms with van der Waals surface area (Å²) in [6, 6.07) is 24.9. The lowest BCUT2D eigenvalue weighted by atomic mass is 10.2. The van der Waals surface area contributed by atoms with E-state index in [1.165, 1.54) is 0 Å². The van der Waals surface area contributed by atoms with Crippen LogP contribution in [0.1, 0.15) is 18.5 Å². The van der Waals surface area contributed by atoms with E-state index >= 15 is 0 Å². The molecule has 0 aliphatic carbocycles. The van der Waals surface area contributed by atoms with E-state index in [-0.39, 0.29) is 5.91 Å². The molecule has 1 N–H and O–H groups in total. The molecular weight excluding hydrogens is 376 g/mol. The van der Waals surface area contributed by atoms with Crippen LogP contribution in [-0.4, -0.2) is 17.6 Å². The molecular formula is C25H24N2O3. The fraction of sp³-hybridized carbons (Fsp3) is 0.160. The molecule has 4 rings (SSSR count). The van der Waals surface area contributed by atoms with Gasteiger partial charge in [-0.25, -0.2) is 0 Å². The number of nitrogens with zero attached hydrogens (tertiary/aromatic N) is 1. The third kappa shape index (κ3) is 4.01. The van der Waals surface area contributed by atoms with Crippen LogP contribution >= 0.6 is 0 Å². The number of carbonyl (C=O) groups excluding carboxylic acids is 1. The number of aromatic nitrogens is 1. The highest BCUT2D eigenvalue weighted by atomic mass is 16.5. The minimum absolute atomic E-state index is 0.118. The van der Waals surface area contributed by atoms with Gasteiger partial charge in [-0.15, -0.1) is 0 Å². The van der Waals surface area contributed by atoms with Gasteiger partial charge in [-0.1, -0.05) is 48.5 Å². The molecule has 0 fully saturated rings. The average molecular weight is 400 g/mol. The summed E-state index contributed by atoms with van der Waals surface area (Å²) in [6.45, 7) is 2.37. The molecule has 0 aliphatic rings. The SMILES string of the molecule is COc1ccccc1NC(=O)C(C)n1ccc2c(OCc3ccccc3)cccc21. The molecule has 0 saturated carbocycles. The van der Waals surface area contributed by atoms with E-state index in [4.69, 9.17) is 9.47 Å². The summed E-state index contributed by atoms with van der Waals surface area (Å²) in [7, 11) is 1.59. The lowest BCUT2D eigenvalue weighted by Gasteiger charge is -2.17. The zero-order valence-corrected chi connectivity index (χ0v) is 17.0. The molecule has 1 aromatic heterocycles. The minimum atomic E-state index is -0.406. The van der Waals surface area contributed by atoms with Crippen LogP contribution in [0.25, 0.3) is 10.9 Å². The second kappa shape index (κ2) is 8.74. The maximum atomic E-state index is 12.9. The van der Waals surface area contributed by atoms with Crippen LogP contribution in [-0.2, 0) is 11.4 Å². The number of benzene rings is 3. The van der Waals surface area contributed by atoms with Gasteiger partial charge in [0, 0.05) is 11.6 Å². The van der Waals surface area contributed by atoms with E-state index in [0.717, 1.165) is 22.2 Å². The lowest BCUT2D eigenvalue weighted by Crippen LogP contribution is -2.23. The van der Waals surface area contributed by atoms with E-state index in [1.54, 1.807) is 7.11 Å². The van der Waals surface area contributed by atoms with Crippen molar-refractivity contribution in [2.45, 2.75) is 19.6 Å². The number of ether oxygens (including phenoxy) is 2. The van der Waals surface area contributed by atoms with E-state index in [1.807, 2.05) is 96.6 Å². The molecule has 0 aliphatic heterocycles. The molecule has 4 aromatic rings. The number of methoxy groups -OCH3 is 1. The first-order valence-corrected chi connectivity index (χ1v) is 9.87. The summed E-state index contributed by atoms with van der Waals surface area (Å²) in [5.74, 6) is 1.31. The zero-order chi connectivity index (χ0) is 20.9. The van der Waals surface area contributed by atoms with E-state index in [2.05, 4.69) is 5.32 Å². The Hall–Kier alpha value is -3.73. The first-order valence-electron chi connectivity index (χ1n) is 9.87. The summed E-state index contributed by atoms with van der Waals surface area (Å²) in [4.78, 5) is 12.9. The number of amides is 1. The highest BCUT2D eigenvalue weighted by molar-refractivity contribution is 5.96. The van der Waals surface area contributed by atoms with Gasteiger partial charge < -0.3 is 19.4 Å². The molecule has 5 heteroatoms. The third-order valence-corrected chi connectivity index (χ3v) is 5.12.